The first-order chi connectivity index (χ1) is 15.2. The lowest BCUT2D eigenvalue weighted by molar-refractivity contribution is 0.0565. The quantitative estimate of drug-likeness (QED) is 0.668. The number of likely N-dealkylation sites (N-methyl/N-ethyl adjacent to an activating group) is 1. The number of urea groups is 1. The van der Waals surface area contributed by atoms with Gasteiger partial charge in [-0.3, -0.25) is 9.80 Å². The molecule has 1 aromatic rings. The third kappa shape index (κ3) is 3.94. The summed E-state index contributed by atoms with van der Waals surface area (Å²) in [5.41, 5.74) is 0.513. The average Bonchev–Trinajstić information content (AvgIpc) is 3.09. The normalized spacial score (nSPS) is 25.1. The molecule has 4 rings (SSSR count). The molecular formula is C22H29N5O5S. The molecule has 10 nitrogen and oxygen atoms in total. The summed E-state index contributed by atoms with van der Waals surface area (Å²) in [5, 5.41) is 2.58. The number of nitrogens with zero attached hydrogens (tertiary/aromatic N) is 4. The molecular weight excluding hydrogens is 446 g/mol. The highest BCUT2D eigenvalue weighted by molar-refractivity contribution is 8.05. The molecule has 2 unspecified atom stereocenters. The Morgan fingerprint density at radius 2 is 1.94 bits per heavy atom. The fourth-order valence-corrected chi connectivity index (χ4v) is 4.89. The minimum absolute atomic E-state index is 0.177. The second-order valence-electron chi connectivity index (χ2n) is 9.66. The van der Waals surface area contributed by atoms with Crippen LogP contribution in [0.2, 0.25) is 0 Å². The Morgan fingerprint density at radius 1 is 1.27 bits per heavy atom. The van der Waals surface area contributed by atoms with Gasteiger partial charge in [-0.25, -0.2) is 23.0 Å². The third-order valence-electron chi connectivity index (χ3n) is 6.11. The van der Waals surface area contributed by atoms with Crippen LogP contribution in [0, 0.1) is 0 Å². The van der Waals surface area contributed by atoms with Crippen molar-refractivity contribution in [3.8, 4) is 0 Å². The number of amidine groups is 1. The summed E-state index contributed by atoms with van der Waals surface area (Å²) in [7, 11) is -1.97. The van der Waals surface area contributed by atoms with Gasteiger partial charge in [0.05, 0.1) is 24.8 Å². The van der Waals surface area contributed by atoms with Gasteiger partial charge < -0.3 is 15.0 Å². The maximum absolute atomic E-state index is 13.5. The number of hydrogen-bond acceptors (Lipinski definition) is 7. The van der Waals surface area contributed by atoms with E-state index >= 15 is 0 Å². The van der Waals surface area contributed by atoms with E-state index in [0.717, 1.165) is 17.4 Å². The second kappa shape index (κ2) is 7.47. The van der Waals surface area contributed by atoms with Crippen LogP contribution in [0.4, 0.5) is 15.3 Å². The number of anilines is 1. The molecule has 2 atom stereocenters. The first-order valence-electron chi connectivity index (χ1n) is 10.6. The summed E-state index contributed by atoms with van der Waals surface area (Å²) in [6.07, 6.45) is 2.20. The summed E-state index contributed by atoms with van der Waals surface area (Å²) in [6, 6.07) is 6.75. The van der Waals surface area contributed by atoms with Crippen molar-refractivity contribution in [1.29, 1.82) is 0 Å². The van der Waals surface area contributed by atoms with Crippen LogP contribution in [0.1, 0.15) is 39.3 Å². The van der Waals surface area contributed by atoms with Gasteiger partial charge in [0.2, 0.25) is 15.0 Å². The van der Waals surface area contributed by atoms with E-state index in [9.17, 15) is 18.0 Å². The van der Waals surface area contributed by atoms with Crippen molar-refractivity contribution in [2.24, 2.45) is 4.99 Å². The topological polar surface area (TPSA) is 112 Å². The van der Waals surface area contributed by atoms with Gasteiger partial charge in [0.25, 0.3) is 0 Å². The second-order valence-corrected chi connectivity index (χ2v) is 11.6. The van der Waals surface area contributed by atoms with Gasteiger partial charge in [-0.15, -0.1) is 0 Å². The van der Waals surface area contributed by atoms with Gasteiger partial charge in [-0.2, -0.15) is 0 Å². The number of amides is 3. The predicted molar refractivity (Wildman–Crippen MR) is 125 cm³/mol. The molecule has 3 aliphatic heterocycles. The Labute approximate surface area is 193 Å². The lowest BCUT2D eigenvalue weighted by atomic mass is 9.95. The van der Waals surface area contributed by atoms with Crippen LogP contribution in [0.15, 0.2) is 41.0 Å². The molecule has 33 heavy (non-hydrogen) atoms. The zero-order chi connectivity index (χ0) is 24.3. The number of benzene rings is 1. The lowest BCUT2D eigenvalue weighted by Gasteiger charge is -2.49. The molecule has 3 heterocycles. The average molecular weight is 476 g/mol. The van der Waals surface area contributed by atoms with Crippen LogP contribution in [0.3, 0.4) is 0 Å². The largest absolute Gasteiger partial charge is 0.443 e. The number of nitrogens with one attached hydrogen (secondary N) is 1. The van der Waals surface area contributed by atoms with Crippen molar-refractivity contribution in [3.63, 3.8) is 0 Å². The fourth-order valence-electron chi connectivity index (χ4n) is 4.28. The first kappa shape index (κ1) is 23.1. The van der Waals surface area contributed by atoms with Gasteiger partial charge >= 0.3 is 12.1 Å². The summed E-state index contributed by atoms with van der Waals surface area (Å²) in [5.74, 6) is 0. The van der Waals surface area contributed by atoms with Crippen LogP contribution >= 0.6 is 0 Å². The van der Waals surface area contributed by atoms with E-state index in [-0.39, 0.29) is 24.3 Å². The van der Waals surface area contributed by atoms with E-state index in [1.54, 1.807) is 30.0 Å². The number of carbonyl (C=O) groups is 2. The molecule has 3 aliphatic rings. The van der Waals surface area contributed by atoms with E-state index in [2.05, 4.69) is 10.3 Å². The number of fused-ring (bicyclic) bond motifs is 2. The molecule has 0 bridgehead atoms. The van der Waals surface area contributed by atoms with Crippen LogP contribution in [-0.2, 0) is 14.6 Å². The number of sulfone groups is 1. The molecule has 1 N–H and O–H groups in total. The Morgan fingerprint density at radius 3 is 2.58 bits per heavy atom. The number of carbonyl (C=O) groups excluding carboxylic acids is 2. The monoisotopic (exact) mass is 475 g/mol. The standard InChI is InChI=1S/C22H29N5O5S/c1-21(2,3)32-20(29)27-13-17(15-9-7-8-10-16(15)27)26-12-14-11-23-18(33(6,30)31)24-22(14,4)25(5)19(26)28/h7-11,17H,12-13H2,1-6H3,(H,23,24). The molecule has 1 saturated heterocycles. The minimum Gasteiger partial charge on any atom is -0.443 e. The van der Waals surface area contributed by atoms with Crippen molar-refractivity contribution in [2.45, 2.75) is 45.0 Å². The zero-order valence-electron chi connectivity index (χ0n) is 19.6. The molecule has 178 valence electrons. The minimum atomic E-state index is -3.57. The van der Waals surface area contributed by atoms with Crippen molar-refractivity contribution in [3.05, 3.63) is 41.6 Å². The van der Waals surface area contributed by atoms with Gasteiger partial charge in [0.15, 0.2) is 5.66 Å². The van der Waals surface area contributed by atoms with E-state index in [0.29, 0.717) is 5.69 Å². The highest BCUT2D eigenvalue weighted by Crippen LogP contribution is 2.43. The van der Waals surface area contributed by atoms with Gasteiger partial charge in [-0.05, 0) is 33.8 Å². The lowest BCUT2D eigenvalue weighted by Crippen LogP contribution is -2.62. The van der Waals surface area contributed by atoms with Crippen LogP contribution < -0.4 is 10.2 Å². The van der Waals surface area contributed by atoms with Gasteiger partial charge in [0, 0.05) is 30.6 Å². The third-order valence-corrected chi connectivity index (χ3v) is 7.02. The highest BCUT2D eigenvalue weighted by Gasteiger charge is 2.50. The summed E-state index contributed by atoms with van der Waals surface area (Å²) in [6.45, 7) is 7.62. The molecule has 0 saturated carbocycles. The number of rotatable bonds is 1. The first-order valence-corrected chi connectivity index (χ1v) is 12.5. The van der Waals surface area contributed by atoms with Crippen LogP contribution in [0.25, 0.3) is 0 Å². The van der Waals surface area contributed by atoms with Crippen molar-refractivity contribution >= 4 is 32.8 Å². The van der Waals surface area contributed by atoms with Crippen molar-refractivity contribution < 1.29 is 22.7 Å². The maximum Gasteiger partial charge on any atom is 0.414 e. The maximum atomic E-state index is 13.5. The van der Waals surface area contributed by atoms with E-state index in [1.165, 1.54) is 4.90 Å². The summed E-state index contributed by atoms with van der Waals surface area (Å²) < 4.78 is 29.6. The Kier molecular flexibility index (Phi) is 5.23. The highest BCUT2D eigenvalue weighted by atomic mass is 32.2. The molecule has 0 radical (unpaired) electrons. The summed E-state index contributed by atoms with van der Waals surface area (Å²) >= 11 is 0. The number of aliphatic imine (C=N–C) groups is 1. The van der Waals surface area contributed by atoms with Crippen LogP contribution in [0.5, 0.6) is 0 Å². The molecule has 0 aliphatic carbocycles. The molecule has 1 aromatic carbocycles. The number of hydrogen-bond donors (Lipinski definition) is 1. The number of para-hydroxylation sites is 1. The van der Waals surface area contributed by atoms with Crippen LogP contribution in [-0.4, -0.2) is 73.2 Å². The SMILES string of the molecule is CN1C(=O)N(C2CN(C(=O)OC(C)(C)C)c3ccccc32)CC2=CNC(S(C)(=O)=O)=NC21C. The van der Waals surface area contributed by atoms with E-state index in [1.807, 2.05) is 45.0 Å². The predicted octanol–water partition coefficient (Wildman–Crippen LogP) is 2.45. The fraction of sp³-hybridized carbons (Fsp3) is 0.500. The van der Waals surface area contributed by atoms with E-state index < -0.39 is 33.2 Å². The molecule has 0 spiro atoms. The molecule has 3 amide bonds. The summed E-state index contributed by atoms with van der Waals surface area (Å²) in [4.78, 5) is 35.4. The Bertz CT molecular complexity index is 1190. The smallest absolute Gasteiger partial charge is 0.414 e. The van der Waals surface area contributed by atoms with Gasteiger partial charge in [0.1, 0.15) is 5.60 Å². The molecule has 0 aromatic heterocycles. The van der Waals surface area contributed by atoms with Gasteiger partial charge in [-0.1, -0.05) is 18.2 Å². The van der Waals surface area contributed by atoms with E-state index in [4.69, 9.17) is 4.74 Å². The Hall–Kier alpha value is -3.08. The van der Waals surface area contributed by atoms with Crippen molar-refractivity contribution in [2.75, 3.05) is 31.3 Å². The Balaban J connectivity index is 1.67. The van der Waals surface area contributed by atoms with Crippen molar-refractivity contribution in [1.82, 2.24) is 15.1 Å². The molecule has 1 fully saturated rings. The molecule has 11 heteroatoms. The number of ether oxygens (including phenoxy) is 1. The zero-order valence-corrected chi connectivity index (χ0v) is 20.4.